The lowest BCUT2D eigenvalue weighted by molar-refractivity contribution is 0.102. The Morgan fingerprint density at radius 1 is 0.821 bits per heavy atom. The smallest absolute Gasteiger partial charge is 0.261 e. The van der Waals surface area contributed by atoms with Gasteiger partial charge in [0.1, 0.15) is 11.6 Å². The molecule has 0 radical (unpaired) electrons. The Labute approximate surface area is 161 Å². The van der Waals surface area contributed by atoms with Crippen LogP contribution in [0.4, 0.5) is 20.2 Å². The molecule has 0 bridgehead atoms. The van der Waals surface area contributed by atoms with Crippen LogP contribution in [0.25, 0.3) is 0 Å². The minimum Gasteiger partial charge on any atom is -0.322 e. The van der Waals surface area contributed by atoms with Crippen LogP contribution < -0.4 is 10.0 Å². The van der Waals surface area contributed by atoms with Crippen molar-refractivity contribution in [2.75, 3.05) is 10.0 Å². The van der Waals surface area contributed by atoms with E-state index in [-0.39, 0.29) is 16.1 Å². The van der Waals surface area contributed by atoms with E-state index in [2.05, 4.69) is 10.0 Å². The summed E-state index contributed by atoms with van der Waals surface area (Å²) in [6, 6.07) is 14.2. The third-order valence-electron chi connectivity index (χ3n) is 3.96. The molecule has 3 aromatic carbocycles. The molecule has 0 aliphatic heterocycles. The van der Waals surface area contributed by atoms with Crippen molar-refractivity contribution in [2.24, 2.45) is 0 Å². The number of aryl methyl sites for hydroxylation is 1. The Morgan fingerprint density at radius 2 is 1.36 bits per heavy atom. The van der Waals surface area contributed by atoms with Crippen molar-refractivity contribution >= 4 is 27.3 Å². The second kappa shape index (κ2) is 7.77. The van der Waals surface area contributed by atoms with Crippen LogP contribution in [0.2, 0.25) is 0 Å². The summed E-state index contributed by atoms with van der Waals surface area (Å²) in [4.78, 5) is 12.4. The number of halogens is 2. The molecule has 0 heterocycles. The van der Waals surface area contributed by atoms with Crippen LogP contribution in [-0.4, -0.2) is 14.3 Å². The molecule has 0 aromatic heterocycles. The second-order valence-corrected chi connectivity index (χ2v) is 7.73. The monoisotopic (exact) mass is 402 g/mol. The van der Waals surface area contributed by atoms with Gasteiger partial charge in [-0.05, 0) is 73.2 Å². The molecule has 2 N–H and O–H groups in total. The van der Waals surface area contributed by atoms with Crippen molar-refractivity contribution in [3.63, 3.8) is 0 Å². The molecule has 0 unspecified atom stereocenters. The Morgan fingerprint density at radius 3 is 1.93 bits per heavy atom. The Balaban J connectivity index is 1.86. The van der Waals surface area contributed by atoms with E-state index in [9.17, 15) is 22.0 Å². The van der Waals surface area contributed by atoms with Gasteiger partial charge in [-0.3, -0.25) is 9.52 Å². The van der Waals surface area contributed by atoms with Gasteiger partial charge in [0.15, 0.2) is 0 Å². The fourth-order valence-corrected chi connectivity index (χ4v) is 3.56. The van der Waals surface area contributed by atoms with Crippen LogP contribution in [0.3, 0.4) is 0 Å². The number of carbonyl (C=O) groups is 1. The molecule has 0 fully saturated rings. The molecular weight excluding hydrogens is 386 g/mol. The molecule has 0 saturated carbocycles. The summed E-state index contributed by atoms with van der Waals surface area (Å²) in [5.41, 5.74) is 1.30. The van der Waals surface area contributed by atoms with Gasteiger partial charge in [-0.1, -0.05) is 6.07 Å². The fourth-order valence-electron chi connectivity index (χ4n) is 2.48. The summed E-state index contributed by atoms with van der Waals surface area (Å²) in [7, 11) is -3.98. The molecule has 3 aromatic rings. The van der Waals surface area contributed by atoms with E-state index in [4.69, 9.17) is 0 Å². The third-order valence-corrected chi connectivity index (χ3v) is 5.34. The summed E-state index contributed by atoms with van der Waals surface area (Å²) in [6.07, 6.45) is 0. The largest absolute Gasteiger partial charge is 0.322 e. The quantitative estimate of drug-likeness (QED) is 0.667. The van der Waals surface area contributed by atoms with E-state index < -0.39 is 27.6 Å². The lowest BCUT2D eigenvalue weighted by Gasteiger charge is -2.12. The first-order valence-electron chi connectivity index (χ1n) is 8.20. The second-order valence-electron chi connectivity index (χ2n) is 6.05. The lowest BCUT2D eigenvalue weighted by Crippen LogP contribution is -2.17. The molecule has 8 heteroatoms. The van der Waals surface area contributed by atoms with Gasteiger partial charge >= 0.3 is 0 Å². The molecule has 1 amide bonds. The average molecular weight is 402 g/mol. The van der Waals surface area contributed by atoms with Gasteiger partial charge in [0.25, 0.3) is 15.9 Å². The predicted octanol–water partition coefficient (Wildman–Crippen LogP) is 4.33. The Kier molecular flexibility index (Phi) is 5.41. The summed E-state index contributed by atoms with van der Waals surface area (Å²) >= 11 is 0. The fraction of sp³-hybridized carbons (Fsp3) is 0.0500. The molecular formula is C20H16F2N2O3S. The van der Waals surface area contributed by atoms with Gasteiger partial charge in [-0.25, -0.2) is 17.2 Å². The van der Waals surface area contributed by atoms with Crippen LogP contribution >= 0.6 is 0 Å². The minimum absolute atomic E-state index is 0.119. The van der Waals surface area contributed by atoms with E-state index in [1.54, 1.807) is 6.92 Å². The Hall–Kier alpha value is -3.26. The first kappa shape index (κ1) is 19.5. The molecule has 0 aliphatic rings. The zero-order chi connectivity index (χ0) is 20.3. The minimum atomic E-state index is -3.98. The topological polar surface area (TPSA) is 75.3 Å². The molecule has 144 valence electrons. The van der Waals surface area contributed by atoms with Crippen molar-refractivity contribution in [1.29, 1.82) is 0 Å². The Bertz CT molecular complexity index is 1110. The van der Waals surface area contributed by atoms with Crippen molar-refractivity contribution in [3.8, 4) is 0 Å². The van der Waals surface area contributed by atoms with Crippen molar-refractivity contribution in [3.05, 3.63) is 89.5 Å². The highest BCUT2D eigenvalue weighted by molar-refractivity contribution is 7.92. The van der Waals surface area contributed by atoms with E-state index in [1.165, 1.54) is 54.6 Å². The molecule has 0 saturated heterocycles. The molecule has 0 atom stereocenters. The third kappa shape index (κ3) is 4.52. The van der Waals surface area contributed by atoms with Gasteiger partial charge in [0.05, 0.1) is 4.90 Å². The maximum absolute atomic E-state index is 13.0. The van der Waals surface area contributed by atoms with Gasteiger partial charge in [-0.15, -0.1) is 0 Å². The molecule has 3 rings (SSSR count). The zero-order valence-corrected chi connectivity index (χ0v) is 15.6. The number of nitrogens with one attached hydrogen (secondary N) is 2. The van der Waals surface area contributed by atoms with Gasteiger partial charge in [0, 0.05) is 16.9 Å². The maximum Gasteiger partial charge on any atom is 0.261 e. The van der Waals surface area contributed by atoms with Gasteiger partial charge in [-0.2, -0.15) is 0 Å². The van der Waals surface area contributed by atoms with E-state index in [0.717, 1.165) is 12.1 Å². The summed E-state index contributed by atoms with van der Waals surface area (Å²) in [5.74, 6) is -1.45. The van der Waals surface area contributed by atoms with E-state index in [0.29, 0.717) is 11.3 Å². The van der Waals surface area contributed by atoms with E-state index in [1.807, 2.05) is 0 Å². The first-order valence-corrected chi connectivity index (χ1v) is 9.69. The molecule has 0 spiro atoms. The van der Waals surface area contributed by atoms with E-state index >= 15 is 0 Å². The summed E-state index contributed by atoms with van der Waals surface area (Å²) < 4.78 is 53.5. The lowest BCUT2D eigenvalue weighted by atomic mass is 10.1. The van der Waals surface area contributed by atoms with Crippen molar-refractivity contribution < 1.29 is 22.0 Å². The van der Waals surface area contributed by atoms with Crippen LogP contribution in [-0.2, 0) is 10.0 Å². The van der Waals surface area contributed by atoms with Crippen LogP contribution in [0, 0.1) is 18.6 Å². The van der Waals surface area contributed by atoms with Gasteiger partial charge < -0.3 is 5.32 Å². The maximum atomic E-state index is 13.0. The standard InChI is InChI=1S/C20H16F2N2O3S/c1-13-2-11-18(28(26,27)24-17-9-5-15(22)6-10-17)12-19(13)20(25)23-16-7-3-14(21)4-8-16/h2-12,24H,1H3,(H,23,25). The van der Waals surface area contributed by atoms with Crippen LogP contribution in [0.15, 0.2) is 71.6 Å². The number of sulfonamides is 1. The molecule has 0 aliphatic carbocycles. The number of amides is 1. The highest BCUT2D eigenvalue weighted by Gasteiger charge is 2.18. The number of anilines is 2. The average Bonchev–Trinajstić information content (AvgIpc) is 2.65. The van der Waals surface area contributed by atoms with Crippen LogP contribution in [0.5, 0.6) is 0 Å². The molecule has 28 heavy (non-hydrogen) atoms. The SMILES string of the molecule is Cc1ccc(S(=O)(=O)Nc2ccc(F)cc2)cc1C(=O)Nc1ccc(F)cc1. The van der Waals surface area contributed by atoms with Crippen molar-refractivity contribution in [2.45, 2.75) is 11.8 Å². The van der Waals surface area contributed by atoms with Crippen molar-refractivity contribution in [1.82, 2.24) is 0 Å². The predicted molar refractivity (Wildman–Crippen MR) is 103 cm³/mol. The highest BCUT2D eigenvalue weighted by atomic mass is 32.2. The van der Waals surface area contributed by atoms with Crippen LogP contribution in [0.1, 0.15) is 15.9 Å². The molecule has 5 nitrogen and oxygen atoms in total. The number of hydrogen-bond donors (Lipinski definition) is 2. The summed E-state index contributed by atoms with van der Waals surface area (Å²) in [5, 5.41) is 2.60. The number of carbonyl (C=O) groups excluding carboxylic acids is 1. The number of hydrogen-bond acceptors (Lipinski definition) is 3. The number of benzene rings is 3. The highest BCUT2D eigenvalue weighted by Crippen LogP contribution is 2.21. The summed E-state index contributed by atoms with van der Waals surface area (Å²) in [6.45, 7) is 1.67. The normalized spacial score (nSPS) is 11.1. The first-order chi connectivity index (χ1) is 13.2. The zero-order valence-electron chi connectivity index (χ0n) is 14.7. The van der Waals surface area contributed by atoms with Gasteiger partial charge in [0.2, 0.25) is 0 Å². The number of rotatable bonds is 5.